The van der Waals surface area contributed by atoms with Crippen molar-refractivity contribution in [1.82, 2.24) is 4.98 Å². The van der Waals surface area contributed by atoms with E-state index in [1.165, 1.54) is 13.0 Å². The number of rotatable bonds is 6. The van der Waals surface area contributed by atoms with Crippen LogP contribution in [-0.4, -0.2) is 42.1 Å². The predicted octanol–water partition coefficient (Wildman–Crippen LogP) is 1.47. The summed E-state index contributed by atoms with van der Waals surface area (Å²) in [5.41, 5.74) is -0.0858. The van der Waals surface area contributed by atoms with Crippen molar-refractivity contribution in [3.8, 4) is 0 Å². The van der Waals surface area contributed by atoms with Gasteiger partial charge in [0.05, 0.1) is 25.6 Å². The summed E-state index contributed by atoms with van der Waals surface area (Å²) in [4.78, 5) is 37.3. The summed E-state index contributed by atoms with van der Waals surface area (Å²) in [6.45, 7) is 1.48. The van der Waals surface area contributed by atoms with Crippen LogP contribution in [0.4, 0.5) is 11.5 Å². The summed E-state index contributed by atoms with van der Waals surface area (Å²) >= 11 is 5.78. The largest absolute Gasteiger partial charge is 0.469 e. The molecular weight excluding hydrogens is 318 g/mol. The van der Waals surface area contributed by atoms with Crippen LogP contribution >= 0.6 is 11.6 Å². The van der Waals surface area contributed by atoms with Crippen LogP contribution in [-0.2, 0) is 19.1 Å². The molecule has 1 rings (SSSR count). The SMILES string of the molecule is COC(=O)CC(Nc1nc(Cl)cc(C)c1[N+](=O)[O-])C(=O)OC. The fraction of sp³-hybridized carbons (Fsp3) is 0.417. The van der Waals surface area contributed by atoms with E-state index in [2.05, 4.69) is 19.8 Å². The van der Waals surface area contributed by atoms with Gasteiger partial charge in [0.15, 0.2) is 0 Å². The molecule has 0 saturated carbocycles. The zero-order valence-electron chi connectivity index (χ0n) is 12.1. The fourth-order valence-electron chi connectivity index (χ4n) is 1.71. The number of nitro groups is 1. The number of nitrogens with one attached hydrogen (secondary N) is 1. The van der Waals surface area contributed by atoms with Gasteiger partial charge in [-0.3, -0.25) is 14.9 Å². The highest BCUT2D eigenvalue weighted by Gasteiger charge is 2.28. The van der Waals surface area contributed by atoms with E-state index >= 15 is 0 Å². The quantitative estimate of drug-likeness (QED) is 0.360. The molecule has 1 aromatic rings. The molecule has 0 fully saturated rings. The van der Waals surface area contributed by atoms with Crippen LogP contribution in [0.5, 0.6) is 0 Å². The molecule has 0 aliphatic rings. The van der Waals surface area contributed by atoms with E-state index < -0.39 is 22.9 Å². The van der Waals surface area contributed by atoms with Gasteiger partial charge >= 0.3 is 17.6 Å². The van der Waals surface area contributed by atoms with Gasteiger partial charge in [-0.05, 0) is 13.0 Å². The Kier molecular flexibility index (Phi) is 6.05. The molecule has 0 aliphatic heterocycles. The Hall–Kier alpha value is -2.42. The fourth-order valence-corrected chi connectivity index (χ4v) is 1.96. The minimum atomic E-state index is -1.19. The number of esters is 2. The van der Waals surface area contributed by atoms with E-state index in [9.17, 15) is 19.7 Å². The Morgan fingerprint density at radius 3 is 2.59 bits per heavy atom. The minimum Gasteiger partial charge on any atom is -0.469 e. The topological polar surface area (TPSA) is 121 Å². The number of hydrogen-bond acceptors (Lipinski definition) is 8. The van der Waals surface area contributed by atoms with Gasteiger partial charge in [0, 0.05) is 5.56 Å². The Labute approximate surface area is 130 Å². The third kappa shape index (κ3) is 4.29. The summed E-state index contributed by atoms with van der Waals surface area (Å²) in [5.74, 6) is -1.71. The van der Waals surface area contributed by atoms with Gasteiger partial charge < -0.3 is 14.8 Å². The molecule has 0 aliphatic carbocycles. The molecule has 1 heterocycles. The Morgan fingerprint density at radius 2 is 2.09 bits per heavy atom. The molecule has 1 unspecified atom stereocenters. The average Bonchev–Trinajstić information content (AvgIpc) is 2.44. The summed E-state index contributed by atoms with van der Waals surface area (Å²) in [6, 6.07) is 0.125. The first-order chi connectivity index (χ1) is 10.3. The number of pyridine rings is 1. The normalized spacial score (nSPS) is 11.5. The third-order valence-electron chi connectivity index (χ3n) is 2.73. The molecule has 0 aromatic carbocycles. The lowest BCUT2D eigenvalue weighted by molar-refractivity contribution is -0.384. The molecule has 0 bridgehead atoms. The van der Waals surface area contributed by atoms with Crippen molar-refractivity contribution >= 4 is 35.0 Å². The summed E-state index contributed by atoms with van der Waals surface area (Å²) in [5, 5.41) is 13.6. The summed E-state index contributed by atoms with van der Waals surface area (Å²) < 4.78 is 9.02. The van der Waals surface area contributed by atoms with Crippen molar-refractivity contribution in [2.24, 2.45) is 0 Å². The van der Waals surface area contributed by atoms with Crippen LogP contribution in [0.25, 0.3) is 0 Å². The van der Waals surface area contributed by atoms with Crippen molar-refractivity contribution in [3.05, 3.63) is 26.9 Å². The van der Waals surface area contributed by atoms with E-state index in [0.29, 0.717) is 0 Å². The third-order valence-corrected chi connectivity index (χ3v) is 2.92. The highest BCUT2D eigenvalue weighted by molar-refractivity contribution is 6.29. The standard InChI is InChI=1S/C12H14ClN3O6/c1-6-4-8(13)15-11(10(6)16(19)20)14-7(12(18)22-3)5-9(17)21-2/h4,7H,5H2,1-3H3,(H,14,15). The van der Waals surface area contributed by atoms with Crippen LogP contribution in [0, 0.1) is 17.0 Å². The first-order valence-corrected chi connectivity index (χ1v) is 6.40. The molecule has 10 heteroatoms. The van der Waals surface area contributed by atoms with Crippen LogP contribution in [0.2, 0.25) is 5.15 Å². The zero-order valence-corrected chi connectivity index (χ0v) is 12.8. The minimum absolute atomic E-state index is 0.00674. The average molecular weight is 332 g/mol. The van der Waals surface area contributed by atoms with Crippen LogP contribution in [0.15, 0.2) is 6.07 Å². The second kappa shape index (κ2) is 7.55. The van der Waals surface area contributed by atoms with Gasteiger partial charge in [-0.25, -0.2) is 9.78 Å². The number of methoxy groups -OCH3 is 2. The maximum Gasteiger partial charge on any atom is 0.328 e. The maximum atomic E-state index is 11.7. The highest BCUT2D eigenvalue weighted by Crippen LogP contribution is 2.29. The second-order valence-corrected chi connectivity index (χ2v) is 4.60. The van der Waals surface area contributed by atoms with Gasteiger partial charge in [0.1, 0.15) is 11.2 Å². The lowest BCUT2D eigenvalue weighted by Gasteiger charge is -2.16. The van der Waals surface area contributed by atoms with Gasteiger partial charge in [-0.15, -0.1) is 0 Å². The number of carbonyl (C=O) groups excluding carboxylic acids is 2. The first-order valence-electron chi connectivity index (χ1n) is 6.02. The number of aromatic nitrogens is 1. The van der Waals surface area contributed by atoms with Gasteiger partial charge in [-0.2, -0.15) is 0 Å². The van der Waals surface area contributed by atoms with E-state index in [1.807, 2.05) is 0 Å². The summed E-state index contributed by atoms with van der Waals surface area (Å²) in [6.07, 6.45) is -0.381. The molecule has 0 radical (unpaired) electrons. The molecule has 1 aromatic heterocycles. The number of halogens is 1. The molecule has 120 valence electrons. The summed E-state index contributed by atoms with van der Waals surface area (Å²) in [7, 11) is 2.28. The van der Waals surface area contributed by atoms with Crippen molar-refractivity contribution in [2.75, 3.05) is 19.5 Å². The Balaban J connectivity index is 3.19. The van der Waals surface area contributed by atoms with Crippen LogP contribution < -0.4 is 5.32 Å². The van der Waals surface area contributed by atoms with Gasteiger partial charge in [-0.1, -0.05) is 11.6 Å². The molecule has 0 saturated heterocycles. The monoisotopic (exact) mass is 331 g/mol. The molecule has 22 heavy (non-hydrogen) atoms. The van der Waals surface area contributed by atoms with Crippen molar-refractivity contribution in [2.45, 2.75) is 19.4 Å². The van der Waals surface area contributed by atoms with Crippen LogP contribution in [0.3, 0.4) is 0 Å². The van der Waals surface area contributed by atoms with E-state index in [1.54, 1.807) is 0 Å². The first kappa shape index (κ1) is 17.6. The lowest BCUT2D eigenvalue weighted by atomic mass is 10.2. The van der Waals surface area contributed by atoms with Gasteiger partial charge in [0.2, 0.25) is 5.82 Å². The smallest absolute Gasteiger partial charge is 0.328 e. The number of carbonyl (C=O) groups is 2. The molecule has 0 amide bonds. The number of anilines is 1. The maximum absolute atomic E-state index is 11.7. The molecule has 1 N–H and O–H groups in total. The second-order valence-electron chi connectivity index (χ2n) is 4.22. The molecule has 0 spiro atoms. The van der Waals surface area contributed by atoms with Crippen LogP contribution in [0.1, 0.15) is 12.0 Å². The predicted molar refractivity (Wildman–Crippen MR) is 76.7 cm³/mol. The number of aryl methyl sites for hydroxylation is 1. The van der Waals surface area contributed by atoms with Gasteiger partial charge in [0.25, 0.3) is 0 Å². The molecule has 9 nitrogen and oxygen atoms in total. The Morgan fingerprint density at radius 1 is 1.45 bits per heavy atom. The number of hydrogen-bond donors (Lipinski definition) is 1. The lowest BCUT2D eigenvalue weighted by Crippen LogP contribution is -2.34. The van der Waals surface area contributed by atoms with E-state index in [0.717, 1.165) is 14.2 Å². The number of nitrogens with zero attached hydrogens (tertiary/aromatic N) is 2. The van der Waals surface area contributed by atoms with Crippen molar-refractivity contribution in [3.63, 3.8) is 0 Å². The Bertz CT molecular complexity index is 607. The highest BCUT2D eigenvalue weighted by atomic mass is 35.5. The van der Waals surface area contributed by atoms with Crippen molar-refractivity contribution in [1.29, 1.82) is 0 Å². The van der Waals surface area contributed by atoms with E-state index in [4.69, 9.17) is 11.6 Å². The van der Waals surface area contributed by atoms with Crippen molar-refractivity contribution < 1.29 is 24.0 Å². The number of ether oxygens (including phenoxy) is 2. The molecular formula is C12H14ClN3O6. The zero-order chi connectivity index (χ0) is 16.9. The van der Waals surface area contributed by atoms with E-state index in [-0.39, 0.29) is 28.6 Å². The molecule has 1 atom stereocenters.